The molecule has 3 aliphatic rings. The summed E-state index contributed by atoms with van der Waals surface area (Å²) in [6, 6.07) is 15.5. The van der Waals surface area contributed by atoms with Crippen molar-refractivity contribution in [2.45, 2.75) is 57.2 Å². The maximum atomic E-state index is 13.7. The molecule has 0 spiro atoms. The molecule has 2 aromatic carbocycles. The van der Waals surface area contributed by atoms with E-state index in [0.717, 1.165) is 55.4 Å². The van der Waals surface area contributed by atoms with Crippen LogP contribution in [-0.2, 0) is 35.1 Å². The molecule has 2 aromatic rings. The van der Waals surface area contributed by atoms with Crippen molar-refractivity contribution in [1.29, 1.82) is 0 Å². The minimum absolute atomic E-state index is 0.263. The highest BCUT2D eigenvalue weighted by Crippen LogP contribution is 2.47. The second-order valence-electron chi connectivity index (χ2n) is 9.85. The largest absolute Gasteiger partial charge is 0.494 e. The number of rotatable bonds is 4. The van der Waals surface area contributed by atoms with Gasteiger partial charge in [0.05, 0.1) is 45.3 Å². The Bertz CT molecular complexity index is 1070. The van der Waals surface area contributed by atoms with Crippen LogP contribution in [0.2, 0.25) is 0 Å². The number of carbonyl (C=O) groups is 3. The third-order valence-electron chi connectivity index (χ3n) is 7.45. The predicted octanol–water partition coefficient (Wildman–Crippen LogP) is 4.47. The van der Waals surface area contributed by atoms with E-state index in [-0.39, 0.29) is 6.61 Å². The van der Waals surface area contributed by atoms with E-state index < -0.39 is 41.8 Å². The van der Waals surface area contributed by atoms with Crippen molar-refractivity contribution in [3.8, 4) is 5.75 Å². The first-order valence-electron chi connectivity index (χ1n) is 13.4. The maximum Gasteiger partial charge on any atom is 0.324 e. The molecule has 0 N–H and O–H groups in total. The van der Waals surface area contributed by atoms with Gasteiger partial charge in [-0.2, -0.15) is 0 Å². The van der Waals surface area contributed by atoms with Gasteiger partial charge in [-0.25, -0.2) is 0 Å². The van der Waals surface area contributed by atoms with Gasteiger partial charge in [-0.15, -0.1) is 0 Å². The third kappa shape index (κ3) is 6.35. The summed E-state index contributed by atoms with van der Waals surface area (Å²) in [4.78, 5) is 42.0. The standard InChI is InChI=1S/C30H37NO7/c1-35-28(32)25-24-26(31(27(25)30(34)36-2)20-21-12-8-7-9-13-21)22-14-16-23(17-15-22)37-18-10-5-3-4-6-11-19-38-29(24)33/h7-9,12-17,24-27H,3-6,10-11,18-20H2,1-2H3/t24-,25-,26-,27?/m1/s1. The summed E-state index contributed by atoms with van der Waals surface area (Å²) >= 11 is 0. The molecule has 3 heterocycles. The molecule has 4 atom stereocenters. The SMILES string of the molecule is COC(=O)C1[C@H](C(=O)OC)[C@H]2C(=O)OCCCCCCCCOc3ccc(cc3)[C@H]2N1Cc1ccccc1. The lowest BCUT2D eigenvalue weighted by Gasteiger charge is -2.30. The van der Waals surface area contributed by atoms with E-state index in [9.17, 15) is 14.4 Å². The Kier molecular flexibility index (Phi) is 9.76. The lowest BCUT2D eigenvalue weighted by atomic mass is 9.84. The second kappa shape index (κ2) is 13.4. The average Bonchev–Trinajstić information content (AvgIpc) is 3.28. The van der Waals surface area contributed by atoms with Gasteiger partial charge in [0.15, 0.2) is 0 Å². The Morgan fingerprint density at radius 3 is 2.05 bits per heavy atom. The minimum Gasteiger partial charge on any atom is -0.494 e. The van der Waals surface area contributed by atoms with Crippen molar-refractivity contribution < 1.29 is 33.3 Å². The third-order valence-corrected chi connectivity index (χ3v) is 7.45. The van der Waals surface area contributed by atoms with Crippen LogP contribution < -0.4 is 4.74 Å². The Morgan fingerprint density at radius 2 is 1.42 bits per heavy atom. The highest BCUT2D eigenvalue weighted by atomic mass is 16.5. The van der Waals surface area contributed by atoms with Crippen LogP contribution in [-0.4, -0.2) is 56.3 Å². The normalized spacial score (nSPS) is 24.9. The van der Waals surface area contributed by atoms with Gasteiger partial charge < -0.3 is 18.9 Å². The van der Waals surface area contributed by atoms with E-state index in [1.807, 2.05) is 59.5 Å². The molecule has 0 saturated carbocycles. The predicted molar refractivity (Wildman–Crippen MR) is 140 cm³/mol. The molecule has 1 unspecified atom stereocenters. The molecule has 5 rings (SSSR count). The molecular weight excluding hydrogens is 486 g/mol. The number of esters is 3. The van der Waals surface area contributed by atoms with Crippen molar-refractivity contribution in [3.05, 3.63) is 65.7 Å². The molecule has 204 valence electrons. The van der Waals surface area contributed by atoms with Crippen LogP contribution in [0.25, 0.3) is 0 Å². The Morgan fingerprint density at radius 1 is 0.816 bits per heavy atom. The quantitative estimate of drug-likeness (QED) is 0.428. The number of likely N-dealkylation sites (tertiary alicyclic amines) is 1. The van der Waals surface area contributed by atoms with Crippen LogP contribution in [0.3, 0.4) is 0 Å². The Hall–Kier alpha value is -3.39. The molecule has 8 heteroatoms. The van der Waals surface area contributed by atoms with Crippen molar-refractivity contribution in [2.24, 2.45) is 11.8 Å². The van der Waals surface area contributed by atoms with Crippen molar-refractivity contribution in [2.75, 3.05) is 27.4 Å². The van der Waals surface area contributed by atoms with Crippen LogP contribution in [0.1, 0.15) is 55.7 Å². The average molecular weight is 524 g/mol. The summed E-state index contributed by atoms with van der Waals surface area (Å²) in [5, 5.41) is 0. The second-order valence-corrected chi connectivity index (χ2v) is 9.85. The number of fused-ring (bicyclic) bond motifs is 12. The molecule has 3 aliphatic heterocycles. The van der Waals surface area contributed by atoms with Crippen molar-refractivity contribution in [3.63, 3.8) is 0 Å². The van der Waals surface area contributed by atoms with Gasteiger partial charge >= 0.3 is 17.9 Å². The molecule has 38 heavy (non-hydrogen) atoms. The van der Waals surface area contributed by atoms with Crippen LogP contribution in [0.4, 0.5) is 0 Å². The molecule has 1 saturated heterocycles. The summed E-state index contributed by atoms with van der Waals surface area (Å²) in [7, 11) is 2.55. The van der Waals surface area contributed by atoms with E-state index in [2.05, 4.69) is 0 Å². The molecule has 0 amide bonds. The van der Waals surface area contributed by atoms with Crippen molar-refractivity contribution in [1.82, 2.24) is 4.90 Å². The lowest BCUT2D eigenvalue weighted by molar-refractivity contribution is -0.161. The van der Waals surface area contributed by atoms with Crippen molar-refractivity contribution >= 4 is 17.9 Å². The summed E-state index contributed by atoms with van der Waals surface area (Å²) in [6.07, 6.45) is 5.91. The number of methoxy groups -OCH3 is 2. The van der Waals surface area contributed by atoms with Crippen LogP contribution in [0.15, 0.2) is 54.6 Å². The summed E-state index contributed by atoms with van der Waals surface area (Å²) in [5.41, 5.74) is 1.71. The van der Waals surface area contributed by atoms with E-state index >= 15 is 0 Å². The lowest BCUT2D eigenvalue weighted by Crippen LogP contribution is -2.44. The van der Waals surface area contributed by atoms with E-state index in [0.29, 0.717) is 13.2 Å². The van der Waals surface area contributed by atoms with E-state index in [4.69, 9.17) is 18.9 Å². The number of nitrogens with zero attached hydrogens (tertiary/aromatic N) is 1. The van der Waals surface area contributed by atoms with E-state index in [1.165, 1.54) is 14.2 Å². The molecule has 1 fully saturated rings. The van der Waals surface area contributed by atoms with Gasteiger partial charge in [-0.3, -0.25) is 19.3 Å². The van der Waals surface area contributed by atoms with Gasteiger partial charge in [-0.1, -0.05) is 68.1 Å². The number of hydrogen-bond donors (Lipinski definition) is 0. The first-order valence-corrected chi connectivity index (χ1v) is 13.4. The van der Waals surface area contributed by atoms with Gasteiger partial charge in [0.1, 0.15) is 11.8 Å². The fourth-order valence-corrected chi connectivity index (χ4v) is 5.59. The van der Waals surface area contributed by atoms with Crippen LogP contribution in [0.5, 0.6) is 5.75 Å². The highest BCUT2D eigenvalue weighted by Gasteiger charge is 2.59. The van der Waals surface area contributed by atoms with Gasteiger partial charge in [0.25, 0.3) is 0 Å². The first-order chi connectivity index (χ1) is 18.5. The minimum atomic E-state index is -1.09. The fraction of sp³-hybridized carbons (Fsp3) is 0.500. The molecule has 0 aromatic heterocycles. The molecule has 2 bridgehead atoms. The zero-order valence-electron chi connectivity index (χ0n) is 22.2. The molecule has 0 aliphatic carbocycles. The van der Waals surface area contributed by atoms with E-state index in [1.54, 1.807) is 0 Å². The van der Waals surface area contributed by atoms with Crippen LogP contribution in [0, 0.1) is 11.8 Å². The molecule has 8 nitrogen and oxygen atoms in total. The zero-order valence-corrected chi connectivity index (χ0v) is 22.2. The smallest absolute Gasteiger partial charge is 0.324 e. The number of ether oxygens (including phenoxy) is 4. The molecular formula is C30H37NO7. The van der Waals surface area contributed by atoms with Gasteiger partial charge in [0.2, 0.25) is 0 Å². The number of benzene rings is 2. The zero-order chi connectivity index (χ0) is 26.9. The highest BCUT2D eigenvalue weighted by molar-refractivity contribution is 5.91. The number of hydrogen-bond acceptors (Lipinski definition) is 8. The summed E-state index contributed by atoms with van der Waals surface area (Å²) in [6.45, 7) is 1.22. The summed E-state index contributed by atoms with van der Waals surface area (Å²) < 4.78 is 22.0. The summed E-state index contributed by atoms with van der Waals surface area (Å²) in [5.74, 6) is -3.07. The maximum absolute atomic E-state index is 13.7. The monoisotopic (exact) mass is 523 g/mol. The molecule has 0 radical (unpaired) electrons. The number of carbonyl (C=O) groups excluding carboxylic acids is 3. The van der Waals surface area contributed by atoms with Gasteiger partial charge in [-0.05, 0) is 36.1 Å². The van der Waals surface area contributed by atoms with Gasteiger partial charge in [0, 0.05) is 6.54 Å². The first kappa shape index (κ1) is 27.6. The topological polar surface area (TPSA) is 91.4 Å². The Balaban J connectivity index is 1.80. The van der Waals surface area contributed by atoms with Crippen LogP contribution >= 0.6 is 0 Å². The fourth-order valence-electron chi connectivity index (χ4n) is 5.59. The Labute approximate surface area is 224 Å².